The summed E-state index contributed by atoms with van der Waals surface area (Å²) in [5, 5.41) is 2.38. The molecule has 0 bridgehead atoms. The molecule has 2 saturated heterocycles. The largest absolute Gasteiger partial charge is 0.334 e. The maximum absolute atomic E-state index is 12.5. The van der Waals surface area contributed by atoms with Gasteiger partial charge in [-0.2, -0.15) is 0 Å². The molecule has 0 N–H and O–H groups in total. The van der Waals surface area contributed by atoms with Crippen LogP contribution in [0.25, 0.3) is 0 Å². The zero-order valence-corrected chi connectivity index (χ0v) is 17.1. The lowest BCUT2D eigenvalue weighted by molar-refractivity contribution is -0.117. The highest BCUT2D eigenvalue weighted by molar-refractivity contribution is 14.1. The number of hydrogen-bond acceptors (Lipinski definition) is 5. The molecule has 1 atom stereocenters. The molecular weight excluding hydrogens is 463 g/mol. The van der Waals surface area contributed by atoms with Gasteiger partial charge in [0.2, 0.25) is 5.91 Å². The number of thiazole rings is 1. The second kappa shape index (κ2) is 7.61. The molecule has 1 aromatic carbocycles. The van der Waals surface area contributed by atoms with Gasteiger partial charge in [0.05, 0.1) is 0 Å². The quantitative estimate of drug-likeness (QED) is 0.631. The van der Waals surface area contributed by atoms with Crippen LogP contribution in [0, 0.1) is 3.57 Å². The minimum atomic E-state index is 0.0163. The number of anilines is 1. The first kappa shape index (κ1) is 17.9. The summed E-state index contributed by atoms with van der Waals surface area (Å²) in [6.07, 6.45) is 2.21. The number of hydrogen-bond donors (Lipinski definition) is 0. The summed E-state index contributed by atoms with van der Waals surface area (Å²) in [6, 6.07) is 8.28. The number of carbonyl (C=O) groups is 2. The Bertz CT molecular complexity index is 805. The summed E-state index contributed by atoms with van der Waals surface area (Å²) in [7, 11) is 0. The van der Waals surface area contributed by atoms with E-state index in [0.717, 1.165) is 28.9 Å². The van der Waals surface area contributed by atoms with E-state index in [1.807, 2.05) is 39.4 Å². The number of amides is 2. The zero-order valence-electron chi connectivity index (χ0n) is 14.2. The molecular formula is C18H19IN4O2S. The monoisotopic (exact) mass is 482 g/mol. The van der Waals surface area contributed by atoms with Gasteiger partial charge in [-0.3, -0.25) is 14.5 Å². The van der Waals surface area contributed by atoms with Crippen molar-refractivity contribution in [3.8, 4) is 0 Å². The second-order valence-electron chi connectivity index (χ2n) is 6.51. The van der Waals surface area contributed by atoms with E-state index in [2.05, 4.69) is 32.5 Å². The molecule has 4 rings (SSSR count). The van der Waals surface area contributed by atoms with Gasteiger partial charge >= 0.3 is 0 Å². The van der Waals surface area contributed by atoms with Crippen molar-refractivity contribution in [2.75, 3.05) is 37.6 Å². The molecule has 2 aliphatic rings. The third-order valence-corrected chi connectivity index (χ3v) is 6.39. The van der Waals surface area contributed by atoms with Crippen molar-refractivity contribution in [3.05, 3.63) is 44.4 Å². The molecule has 2 aliphatic heterocycles. The Labute approximate surface area is 169 Å². The standard InChI is InChI=1S/C18H19IN4O2S/c19-13-2-1-3-14(10-13)23-12-15(11-16(23)24)21-5-7-22(8-6-21)18(25)17-20-4-9-26-17/h1-4,9-10,15H,5-8,11-12H2. The van der Waals surface area contributed by atoms with E-state index < -0.39 is 0 Å². The summed E-state index contributed by atoms with van der Waals surface area (Å²) in [6.45, 7) is 3.70. The molecule has 0 spiro atoms. The van der Waals surface area contributed by atoms with Crippen LogP contribution in [0.1, 0.15) is 16.2 Å². The van der Waals surface area contributed by atoms with Crippen LogP contribution in [0.2, 0.25) is 0 Å². The van der Waals surface area contributed by atoms with Crippen LogP contribution >= 0.6 is 33.9 Å². The number of benzene rings is 1. The Morgan fingerprint density at radius 3 is 2.73 bits per heavy atom. The van der Waals surface area contributed by atoms with E-state index in [1.54, 1.807) is 6.20 Å². The van der Waals surface area contributed by atoms with Gasteiger partial charge in [0.15, 0.2) is 5.01 Å². The summed E-state index contributed by atoms with van der Waals surface area (Å²) >= 11 is 3.65. The SMILES string of the molecule is O=C(c1nccs1)N1CCN(C2CC(=O)N(c3cccc(I)c3)C2)CC1. The highest BCUT2D eigenvalue weighted by atomic mass is 127. The fraction of sp³-hybridized carbons (Fsp3) is 0.389. The number of aromatic nitrogens is 1. The first-order valence-corrected chi connectivity index (χ1v) is 10.6. The smallest absolute Gasteiger partial charge is 0.282 e. The fourth-order valence-corrected chi connectivity index (χ4v) is 4.71. The van der Waals surface area contributed by atoms with Gasteiger partial charge in [-0.1, -0.05) is 6.07 Å². The van der Waals surface area contributed by atoms with Gasteiger partial charge < -0.3 is 9.80 Å². The normalized spacial score (nSPS) is 21.4. The van der Waals surface area contributed by atoms with Crippen LogP contribution in [0.15, 0.2) is 35.8 Å². The lowest BCUT2D eigenvalue weighted by Crippen LogP contribution is -2.52. The van der Waals surface area contributed by atoms with Gasteiger partial charge in [0.25, 0.3) is 5.91 Å². The van der Waals surface area contributed by atoms with Crippen LogP contribution < -0.4 is 4.90 Å². The van der Waals surface area contributed by atoms with E-state index in [-0.39, 0.29) is 17.9 Å². The Kier molecular flexibility index (Phi) is 5.23. The lowest BCUT2D eigenvalue weighted by Gasteiger charge is -2.37. The molecule has 26 heavy (non-hydrogen) atoms. The van der Waals surface area contributed by atoms with Gasteiger partial charge in [0.1, 0.15) is 0 Å². The number of halogens is 1. The van der Waals surface area contributed by atoms with Crippen molar-refractivity contribution in [3.63, 3.8) is 0 Å². The molecule has 8 heteroatoms. The number of nitrogens with zero attached hydrogens (tertiary/aromatic N) is 4. The van der Waals surface area contributed by atoms with Crippen LogP contribution in [0.5, 0.6) is 0 Å². The van der Waals surface area contributed by atoms with Crippen molar-refractivity contribution in [2.24, 2.45) is 0 Å². The number of carbonyl (C=O) groups excluding carboxylic acids is 2. The molecule has 0 radical (unpaired) electrons. The van der Waals surface area contributed by atoms with Crippen molar-refractivity contribution in [2.45, 2.75) is 12.5 Å². The van der Waals surface area contributed by atoms with Crippen LogP contribution in [-0.4, -0.2) is 65.4 Å². The minimum Gasteiger partial charge on any atom is -0.334 e. The van der Waals surface area contributed by atoms with Crippen LogP contribution in [0.3, 0.4) is 0 Å². The first-order valence-electron chi connectivity index (χ1n) is 8.60. The van der Waals surface area contributed by atoms with Gasteiger partial charge in [-0.05, 0) is 40.8 Å². The Morgan fingerprint density at radius 2 is 2.04 bits per heavy atom. The predicted octanol–water partition coefficient (Wildman–Crippen LogP) is 2.31. The highest BCUT2D eigenvalue weighted by Gasteiger charge is 2.36. The maximum atomic E-state index is 12.5. The average Bonchev–Trinajstić information content (AvgIpc) is 3.31. The van der Waals surface area contributed by atoms with Crippen molar-refractivity contribution in [1.29, 1.82) is 0 Å². The Morgan fingerprint density at radius 1 is 1.23 bits per heavy atom. The van der Waals surface area contributed by atoms with Gasteiger partial charge in [-0.25, -0.2) is 4.98 Å². The number of rotatable bonds is 3. The van der Waals surface area contributed by atoms with Gasteiger partial charge in [0, 0.05) is 66.0 Å². The predicted molar refractivity (Wildman–Crippen MR) is 110 cm³/mol. The third kappa shape index (κ3) is 3.63. The highest BCUT2D eigenvalue weighted by Crippen LogP contribution is 2.26. The molecule has 136 valence electrons. The minimum absolute atomic E-state index is 0.0163. The molecule has 3 heterocycles. The Balaban J connectivity index is 1.36. The van der Waals surface area contributed by atoms with Crippen molar-refractivity contribution >= 4 is 51.4 Å². The summed E-state index contributed by atoms with van der Waals surface area (Å²) < 4.78 is 1.13. The van der Waals surface area contributed by atoms with E-state index in [1.165, 1.54) is 11.3 Å². The van der Waals surface area contributed by atoms with Gasteiger partial charge in [-0.15, -0.1) is 11.3 Å². The summed E-state index contributed by atoms with van der Waals surface area (Å²) in [5.41, 5.74) is 0.974. The Hall–Kier alpha value is -1.52. The van der Waals surface area contributed by atoms with Crippen molar-refractivity contribution in [1.82, 2.24) is 14.8 Å². The molecule has 1 aromatic heterocycles. The maximum Gasteiger partial charge on any atom is 0.282 e. The van der Waals surface area contributed by atoms with Crippen molar-refractivity contribution < 1.29 is 9.59 Å². The zero-order chi connectivity index (χ0) is 18.1. The van der Waals surface area contributed by atoms with E-state index in [4.69, 9.17) is 0 Å². The van der Waals surface area contributed by atoms with E-state index in [9.17, 15) is 9.59 Å². The van der Waals surface area contributed by atoms with E-state index in [0.29, 0.717) is 24.5 Å². The van der Waals surface area contributed by atoms with Crippen LogP contribution in [-0.2, 0) is 4.79 Å². The second-order valence-corrected chi connectivity index (χ2v) is 8.65. The summed E-state index contributed by atoms with van der Waals surface area (Å²) in [4.78, 5) is 35.1. The van der Waals surface area contributed by atoms with E-state index >= 15 is 0 Å². The molecule has 0 saturated carbocycles. The number of piperazine rings is 1. The molecule has 6 nitrogen and oxygen atoms in total. The molecule has 1 unspecified atom stereocenters. The first-order chi connectivity index (χ1) is 12.6. The third-order valence-electron chi connectivity index (χ3n) is 4.96. The average molecular weight is 482 g/mol. The van der Waals surface area contributed by atoms with Crippen LogP contribution in [0.4, 0.5) is 5.69 Å². The fourth-order valence-electron chi connectivity index (χ4n) is 3.58. The lowest BCUT2D eigenvalue weighted by atomic mass is 10.2. The molecule has 2 fully saturated rings. The molecule has 2 aromatic rings. The summed E-state index contributed by atoms with van der Waals surface area (Å²) in [5.74, 6) is 0.195. The molecule has 2 amide bonds. The molecule has 0 aliphatic carbocycles. The topological polar surface area (TPSA) is 56.8 Å².